The summed E-state index contributed by atoms with van der Waals surface area (Å²) in [7, 11) is 0. The Kier molecular flexibility index (Phi) is 5.72. The second-order valence-electron chi connectivity index (χ2n) is 4.72. The smallest absolute Gasteiger partial charge is 0.315 e. The first-order valence-corrected chi connectivity index (χ1v) is 7.12. The molecule has 2 amide bonds. The van der Waals surface area contributed by atoms with Gasteiger partial charge in [-0.3, -0.25) is 0 Å². The maximum atomic E-state index is 13.4. The molecule has 2 rings (SSSR count). The van der Waals surface area contributed by atoms with Crippen LogP contribution in [0.25, 0.3) is 0 Å². The van der Waals surface area contributed by atoms with Crippen molar-refractivity contribution in [1.82, 2.24) is 10.6 Å². The summed E-state index contributed by atoms with van der Waals surface area (Å²) in [6, 6.07) is 10.2. The number of amides is 2. The van der Waals surface area contributed by atoms with Gasteiger partial charge >= 0.3 is 6.03 Å². The molecule has 0 aliphatic rings. The molecule has 0 saturated carbocycles. The lowest BCUT2D eigenvalue weighted by Gasteiger charge is -2.08. The second kappa shape index (κ2) is 7.75. The third-order valence-electron chi connectivity index (χ3n) is 3.06. The zero-order chi connectivity index (χ0) is 15.9. The number of urea groups is 1. The lowest BCUT2D eigenvalue weighted by atomic mass is 10.1. The van der Waals surface area contributed by atoms with Crippen molar-refractivity contribution < 1.29 is 13.6 Å². The van der Waals surface area contributed by atoms with E-state index in [2.05, 4.69) is 10.6 Å². The maximum Gasteiger partial charge on any atom is 0.315 e. The van der Waals surface area contributed by atoms with Gasteiger partial charge in [-0.25, -0.2) is 13.6 Å². The zero-order valence-corrected chi connectivity index (χ0v) is 12.5. The minimum atomic E-state index is -0.616. The van der Waals surface area contributed by atoms with Crippen LogP contribution in [0.4, 0.5) is 13.6 Å². The van der Waals surface area contributed by atoms with Gasteiger partial charge in [-0.1, -0.05) is 29.8 Å². The molecule has 6 heteroatoms. The molecule has 0 bridgehead atoms. The lowest BCUT2D eigenvalue weighted by molar-refractivity contribution is 0.240. The second-order valence-corrected chi connectivity index (χ2v) is 5.16. The predicted octanol–water partition coefficient (Wildman–Crippen LogP) is 3.66. The standard InChI is InChI=1S/C16H15ClF2N2O/c17-13-4-1-11(2-5-13)10-21-16(22)20-8-7-12-3-6-14(18)9-15(12)19/h1-6,9H,7-8,10H2,(H2,20,21,22). The number of rotatable bonds is 5. The van der Waals surface area contributed by atoms with Gasteiger partial charge in [-0.2, -0.15) is 0 Å². The van der Waals surface area contributed by atoms with E-state index in [9.17, 15) is 13.6 Å². The number of halogens is 3. The molecule has 22 heavy (non-hydrogen) atoms. The third kappa shape index (κ3) is 5.00. The Bertz CT molecular complexity index is 647. The Hall–Kier alpha value is -2.14. The monoisotopic (exact) mass is 324 g/mol. The van der Waals surface area contributed by atoms with Crippen LogP contribution in [0.1, 0.15) is 11.1 Å². The third-order valence-corrected chi connectivity index (χ3v) is 3.31. The van der Waals surface area contributed by atoms with E-state index in [-0.39, 0.29) is 12.6 Å². The Balaban J connectivity index is 1.72. The van der Waals surface area contributed by atoms with Gasteiger partial charge in [0.25, 0.3) is 0 Å². The summed E-state index contributed by atoms with van der Waals surface area (Å²) in [5, 5.41) is 5.93. The van der Waals surface area contributed by atoms with Crippen molar-refractivity contribution in [3.8, 4) is 0 Å². The summed E-state index contributed by atoms with van der Waals surface area (Å²) in [4.78, 5) is 11.6. The molecule has 0 atom stereocenters. The largest absolute Gasteiger partial charge is 0.338 e. The number of carbonyl (C=O) groups excluding carboxylic acids is 1. The Morgan fingerprint density at radius 1 is 1.05 bits per heavy atom. The van der Waals surface area contributed by atoms with Crippen molar-refractivity contribution in [2.75, 3.05) is 6.54 Å². The van der Waals surface area contributed by atoms with Crippen molar-refractivity contribution in [1.29, 1.82) is 0 Å². The van der Waals surface area contributed by atoms with E-state index in [4.69, 9.17) is 11.6 Å². The van der Waals surface area contributed by atoms with Crippen LogP contribution in [-0.4, -0.2) is 12.6 Å². The van der Waals surface area contributed by atoms with Gasteiger partial charge in [-0.05, 0) is 35.7 Å². The molecule has 116 valence electrons. The van der Waals surface area contributed by atoms with Crippen LogP contribution in [0.3, 0.4) is 0 Å². The summed E-state index contributed by atoms with van der Waals surface area (Å²) in [5.41, 5.74) is 1.28. The fraction of sp³-hybridized carbons (Fsp3) is 0.188. The molecule has 0 aromatic heterocycles. The number of carbonyl (C=O) groups is 1. The summed E-state index contributed by atoms with van der Waals surface area (Å²) in [6.07, 6.45) is 0.292. The normalized spacial score (nSPS) is 10.3. The van der Waals surface area contributed by atoms with Crippen LogP contribution in [0, 0.1) is 11.6 Å². The van der Waals surface area contributed by atoms with E-state index in [1.165, 1.54) is 12.1 Å². The molecule has 0 unspecified atom stereocenters. The predicted molar refractivity (Wildman–Crippen MR) is 81.8 cm³/mol. The summed E-state index contributed by atoms with van der Waals surface area (Å²) in [6.45, 7) is 0.628. The van der Waals surface area contributed by atoms with E-state index < -0.39 is 11.6 Å². The van der Waals surface area contributed by atoms with Crippen LogP contribution in [0.2, 0.25) is 5.02 Å². The van der Waals surface area contributed by atoms with E-state index in [1.54, 1.807) is 12.1 Å². The Morgan fingerprint density at radius 2 is 1.77 bits per heavy atom. The van der Waals surface area contributed by atoms with Crippen LogP contribution < -0.4 is 10.6 Å². The minimum Gasteiger partial charge on any atom is -0.338 e. The highest BCUT2D eigenvalue weighted by Crippen LogP contribution is 2.10. The topological polar surface area (TPSA) is 41.1 Å². The van der Waals surface area contributed by atoms with Crippen molar-refractivity contribution in [3.63, 3.8) is 0 Å². The first-order valence-electron chi connectivity index (χ1n) is 6.74. The molecule has 2 aromatic rings. The van der Waals surface area contributed by atoms with Crippen LogP contribution >= 0.6 is 11.6 Å². The zero-order valence-electron chi connectivity index (χ0n) is 11.7. The number of hydrogen-bond donors (Lipinski definition) is 2. The average Bonchev–Trinajstić information content (AvgIpc) is 2.49. The molecule has 2 aromatic carbocycles. The summed E-state index contributed by atoms with van der Waals surface area (Å²) in [5.74, 6) is -1.22. The molecule has 0 fully saturated rings. The molecular formula is C16H15ClF2N2O. The quantitative estimate of drug-likeness (QED) is 0.866. The van der Waals surface area contributed by atoms with Gasteiger partial charge in [-0.15, -0.1) is 0 Å². The number of nitrogens with one attached hydrogen (secondary N) is 2. The SMILES string of the molecule is O=C(NCCc1ccc(F)cc1F)NCc1ccc(Cl)cc1. The average molecular weight is 325 g/mol. The number of benzene rings is 2. The lowest BCUT2D eigenvalue weighted by Crippen LogP contribution is -2.36. The number of hydrogen-bond acceptors (Lipinski definition) is 1. The molecule has 0 spiro atoms. The molecule has 0 radical (unpaired) electrons. The first kappa shape index (κ1) is 16.2. The molecule has 0 aliphatic heterocycles. The molecule has 0 saturated heterocycles. The van der Waals surface area contributed by atoms with Crippen LogP contribution in [-0.2, 0) is 13.0 Å². The molecule has 0 heterocycles. The van der Waals surface area contributed by atoms with Gasteiger partial charge < -0.3 is 10.6 Å². The van der Waals surface area contributed by atoms with E-state index in [0.717, 1.165) is 11.6 Å². The van der Waals surface area contributed by atoms with Crippen LogP contribution in [0.5, 0.6) is 0 Å². The fourth-order valence-electron chi connectivity index (χ4n) is 1.88. The van der Waals surface area contributed by atoms with Gasteiger partial charge in [0, 0.05) is 24.2 Å². The highest BCUT2D eigenvalue weighted by Gasteiger charge is 2.05. The summed E-state index contributed by atoms with van der Waals surface area (Å²) < 4.78 is 26.2. The highest BCUT2D eigenvalue weighted by molar-refractivity contribution is 6.30. The molecule has 3 nitrogen and oxygen atoms in total. The Morgan fingerprint density at radius 3 is 2.45 bits per heavy atom. The van der Waals surface area contributed by atoms with Gasteiger partial charge in [0.1, 0.15) is 11.6 Å². The van der Waals surface area contributed by atoms with Gasteiger partial charge in [0.2, 0.25) is 0 Å². The molecule has 0 aliphatic carbocycles. The first-order chi connectivity index (χ1) is 10.5. The van der Waals surface area contributed by atoms with Crippen molar-refractivity contribution in [2.45, 2.75) is 13.0 Å². The fourth-order valence-corrected chi connectivity index (χ4v) is 2.01. The minimum absolute atomic E-state index is 0.259. The van der Waals surface area contributed by atoms with Crippen molar-refractivity contribution in [3.05, 3.63) is 70.2 Å². The van der Waals surface area contributed by atoms with Crippen molar-refractivity contribution >= 4 is 17.6 Å². The van der Waals surface area contributed by atoms with E-state index in [1.807, 2.05) is 12.1 Å². The van der Waals surface area contributed by atoms with E-state index >= 15 is 0 Å². The molecule has 2 N–H and O–H groups in total. The van der Waals surface area contributed by atoms with Crippen LogP contribution in [0.15, 0.2) is 42.5 Å². The summed E-state index contributed by atoms with van der Waals surface area (Å²) >= 11 is 5.77. The Labute approximate surface area is 132 Å². The highest BCUT2D eigenvalue weighted by atomic mass is 35.5. The maximum absolute atomic E-state index is 13.4. The van der Waals surface area contributed by atoms with Crippen molar-refractivity contribution in [2.24, 2.45) is 0 Å². The van der Waals surface area contributed by atoms with Gasteiger partial charge in [0.15, 0.2) is 0 Å². The molecular weight excluding hydrogens is 310 g/mol. The van der Waals surface area contributed by atoms with E-state index in [0.29, 0.717) is 23.6 Å². The van der Waals surface area contributed by atoms with Gasteiger partial charge in [0.05, 0.1) is 0 Å².